The number of nitrogen functional groups attached to an aromatic ring is 1. The summed E-state index contributed by atoms with van der Waals surface area (Å²) in [6.07, 6.45) is 1.06. The molecule has 1 amide bonds. The summed E-state index contributed by atoms with van der Waals surface area (Å²) in [5, 5.41) is 3.08. The zero-order valence-corrected chi connectivity index (χ0v) is 15.7. The minimum Gasteiger partial charge on any atom is -0.399 e. The van der Waals surface area contributed by atoms with Gasteiger partial charge in [-0.05, 0) is 47.2 Å². The molecule has 0 heterocycles. The molecule has 2 rings (SSSR count). The minimum atomic E-state index is -0.276. The van der Waals surface area contributed by atoms with E-state index in [1.807, 2.05) is 12.1 Å². The van der Waals surface area contributed by atoms with Crippen LogP contribution in [-0.2, 0) is 11.2 Å². The highest BCUT2D eigenvalue weighted by atomic mass is 35.5. The van der Waals surface area contributed by atoms with Crippen molar-refractivity contribution in [3.63, 3.8) is 0 Å². The quantitative estimate of drug-likeness (QED) is 0.758. The van der Waals surface area contributed by atoms with E-state index in [9.17, 15) is 9.18 Å². The molecule has 2 aromatic carbocycles. The van der Waals surface area contributed by atoms with E-state index in [-0.39, 0.29) is 35.6 Å². The van der Waals surface area contributed by atoms with Gasteiger partial charge in [0.1, 0.15) is 5.82 Å². The second-order valence-corrected chi connectivity index (χ2v) is 7.35. The number of carbonyl (C=O) groups excluding carboxylic acids is 1. The Morgan fingerprint density at radius 3 is 2.16 bits per heavy atom. The molecule has 136 valence electrons. The molecular formula is C20H26ClFN2O. The van der Waals surface area contributed by atoms with Crippen molar-refractivity contribution in [2.24, 2.45) is 5.41 Å². The zero-order valence-electron chi connectivity index (χ0n) is 14.9. The lowest BCUT2D eigenvalue weighted by molar-refractivity contribution is -0.121. The molecule has 0 aliphatic rings. The van der Waals surface area contributed by atoms with E-state index in [1.165, 1.54) is 12.1 Å². The minimum absolute atomic E-state index is 0. The van der Waals surface area contributed by atoms with Gasteiger partial charge in [0, 0.05) is 5.69 Å². The van der Waals surface area contributed by atoms with Crippen LogP contribution in [0.5, 0.6) is 0 Å². The van der Waals surface area contributed by atoms with Crippen LogP contribution in [-0.4, -0.2) is 5.91 Å². The number of halogens is 2. The normalized spacial score (nSPS) is 12.2. The van der Waals surface area contributed by atoms with Crippen molar-refractivity contribution in [3.05, 3.63) is 65.5 Å². The molecule has 0 radical (unpaired) electrons. The summed E-state index contributed by atoms with van der Waals surface area (Å²) >= 11 is 0. The van der Waals surface area contributed by atoms with Gasteiger partial charge in [0.15, 0.2) is 0 Å². The molecule has 1 atom stereocenters. The molecule has 5 heteroatoms. The van der Waals surface area contributed by atoms with E-state index in [0.29, 0.717) is 12.1 Å². The van der Waals surface area contributed by atoms with Crippen LogP contribution in [0.25, 0.3) is 0 Å². The maximum absolute atomic E-state index is 13.2. The van der Waals surface area contributed by atoms with Gasteiger partial charge in [0.05, 0.1) is 12.5 Å². The fourth-order valence-electron chi connectivity index (χ4n) is 2.63. The highest BCUT2D eigenvalue weighted by molar-refractivity contribution is 5.85. The molecule has 0 aliphatic carbocycles. The number of nitrogens with two attached hydrogens (primary N) is 1. The third kappa shape index (κ3) is 7.14. The standard InChI is InChI=1S/C20H25FN2O.ClH/c1-20(2,3)13-18(15-6-8-16(21)9-7-15)23-19(24)12-14-4-10-17(22)11-5-14;/h4-11,18H,12-13,22H2,1-3H3,(H,23,24);1H. The van der Waals surface area contributed by atoms with Crippen LogP contribution >= 0.6 is 12.4 Å². The van der Waals surface area contributed by atoms with Crippen molar-refractivity contribution in [1.29, 1.82) is 0 Å². The van der Waals surface area contributed by atoms with Gasteiger partial charge in [-0.3, -0.25) is 4.79 Å². The number of nitrogens with one attached hydrogen (secondary N) is 1. The van der Waals surface area contributed by atoms with Gasteiger partial charge in [-0.2, -0.15) is 0 Å². The summed E-state index contributed by atoms with van der Waals surface area (Å²) in [5.41, 5.74) is 8.20. The Morgan fingerprint density at radius 2 is 1.64 bits per heavy atom. The molecule has 0 spiro atoms. The molecule has 3 N–H and O–H groups in total. The van der Waals surface area contributed by atoms with E-state index in [2.05, 4.69) is 26.1 Å². The lowest BCUT2D eigenvalue weighted by Crippen LogP contribution is -2.32. The fourth-order valence-corrected chi connectivity index (χ4v) is 2.63. The van der Waals surface area contributed by atoms with Gasteiger partial charge in [-0.25, -0.2) is 4.39 Å². The fraction of sp³-hybridized carbons (Fsp3) is 0.350. The van der Waals surface area contributed by atoms with E-state index in [4.69, 9.17) is 5.73 Å². The molecule has 0 saturated heterocycles. The molecule has 2 aromatic rings. The van der Waals surface area contributed by atoms with Crippen LogP contribution in [0.1, 0.15) is 44.4 Å². The van der Waals surface area contributed by atoms with Gasteiger partial charge >= 0.3 is 0 Å². The third-order valence-corrected chi connectivity index (χ3v) is 3.77. The largest absolute Gasteiger partial charge is 0.399 e. The van der Waals surface area contributed by atoms with Gasteiger partial charge in [0.25, 0.3) is 0 Å². The number of carbonyl (C=O) groups is 1. The van der Waals surface area contributed by atoms with Crippen molar-refractivity contribution in [3.8, 4) is 0 Å². The Balaban J connectivity index is 0.00000312. The average molecular weight is 365 g/mol. The maximum Gasteiger partial charge on any atom is 0.224 e. The van der Waals surface area contributed by atoms with E-state index >= 15 is 0 Å². The molecule has 3 nitrogen and oxygen atoms in total. The topological polar surface area (TPSA) is 55.1 Å². The number of hydrogen-bond donors (Lipinski definition) is 2. The summed E-state index contributed by atoms with van der Waals surface area (Å²) in [7, 11) is 0. The van der Waals surface area contributed by atoms with E-state index in [0.717, 1.165) is 17.5 Å². The van der Waals surface area contributed by atoms with Crippen LogP contribution in [0.4, 0.5) is 10.1 Å². The Kier molecular flexibility index (Phi) is 7.43. The molecule has 25 heavy (non-hydrogen) atoms. The summed E-state index contributed by atoms with van der Waals surface area (Å²) < 4.78 is 13.2. The highest BCUT2D eigenvalue weighted by Crippen LogP contribution is 2.29. The molecule has 0 fully saturated rings. The van der Waals surface area contributed by atoms with Crippen LogP contribution in [0.3, 0.4) is 0 Å². The van der Waals surface area contributed by atoms with Gasteiger partial charge < -0.3 is 11.1 Å². The number of anilines is 1. The molecule has 1 unspecified atom stereocenters. The lowest BCUT2D eigenvalue weighted by atomic mass is 9.85. The first-order valence-corrected chi connectivity index (χ1v) is 8.12. The van der Waals surface area contributed by atoms with Gasteiger partial charge in [-0.15, -0.1) is 12.4 Å². The molecule has 0 saturated carbocycles. The summed E-state index contributed by atoms with van der Waals surface area (Å²) in [4.78, 5) is 12.4. The highest BCUT2D eigenvalue weighted by Gasteiger charge is 2.22. The van der Waals surface area contributed by atoms with E-state index < -0.39 is 0 Å². The van der Waals surface area contributed by atoms with Gasteiger partial charge in [-0.1, -0.05) is 45.0 Å². The SMILES string of the molecule is CC(C)(C)CC(NC(=O)Cc1ccc(N)cc1)c1ccc(F)cc1.Cl. The smallest absolute Gasteiger partial charge is 0.224 e. The summed E-state index contributed by atoms with van der Waals surface area (Å²) in [6, 6.07) is 13.5. The maximum atomic E-state index is 13.2. The first-order valence-electron chi connectivity index (χ1n) is 8.12. The first kappa shape index (κ1) is 21.0. The second-order valence-electron chi connectivity index (χ2n) is 7.35. The van der Waals surface area contributed by atoms with E-state index in [1.54, 1.807) is 24.3 Å². The summed E-state index contributed by atoms with van der Waals surface area (Å²) in [5.74, 6) is -0.334. The van der Waals surface area contributed by atoms with Crippen LogP contribution in [0.15, 0.2) is 48.5 Å². The zero-order chi connectivity index (χ0) is 17.7. The predicted octanol–water partition coefficient (Wildman–Crippen LogP) is 4.67. The van der Waals surface area contributed by atoms with Crippen molar-refractivity contribution in [2.75, 3.05) is 5.73 Å². The molecule has 0 aliphatic heterocycles. The monoisotopic (exact) mass is 364 g/mol. The second kappa shape index (κ2) is 8.86. The number of rotatable bonds is 5. The van der Waals surface area contributed by atoms with Crippen molar-refractivity contribution >= 4 is 24.0 Å². The number of hydrogen-bond acceptors (Lipinski definition) is 2. The van der Waals surface area contributed by atoms with Crippen LogP contribution in [0.2, 0.25) is 0 Å². The number of benzene rings is 2. The Hall–Kier alpha value is -2.07. The number of amides is 1. The third-order valence-electron chi connectivity index (χ3n) is 3.77. The Bertz CT molecular complexity index is 678. The average Bonchev–Trinajstić information content (AvgIpc) is 2.48. The van der Waals surface area contributed by atoms with Gasteiger partial charge in [0.2, 0.25) is 5.91 Å². The molecule has 0 bridgehead atoms. The van der Waals surface area contributed by atoms with Crippen molar-refractivity contribution in [2.45, 2.75) is 39.7 Å². The lowest BCUT2D eigenvalue weighted by Gasteiger charge is -2.27. The molecular weight excluding hydrogens is 339 g/mol. The Morgan fingerprint density at radius 1 is 1.08 bits per heavy atom. The predicted molar refractivity (Wildman–Crippen MR) is 103 cm³/mol. The van der Waals surface area contributed by atoms with Crippen LogP contribution < -0.4 is 11.1 Å². The Labute approximate surface area is 155 Å². The van der Waals surface area contributed by atoms with Crippen molar-refractivity contribution in [1.82, 2.24) is 5.32 Å². The first-order chi connectivity index (χ1) is 11.2. The molecule has 0 aromatic heterocycles. The van der Waals surface area contributed by atoms with Crippen molar-refractivity contribution < 1.29 is 9.18 Å². The summed E-state index contributed by atoms with van der Waals surface area (Å²) in [6.45, 7) is 6.36. The van der Waals surface area contributed by atoms with Crippen LogP contribution in [0, 0.1) is 11.2 Å².